The van der Waals surface area contributed by atoms with Crippen LogP contribution in [0.4, 0.5) is 5.69 Å². The zero-order valence-electron chi connectivity index (χ0n) is 21.7. The van der Waals surface area contributed by atoms with Crippen molar-refractivity contribution in [3.8, 4) is 11.1 Å². The number of nitrogens with zero attached hydrogens (tertiary/aromatic N) is 3. The summed E-state index contributed by atoms with van der Waals surface area (Å²) in [6.07, 6.45) is 8.83. The summed E-state index contributed by atoms with van der Waals surface area (Å²) in [5.74, 6) is -0.118. The highest BCUT2D eigenvalue weighted by molar-refractivity contribution is 5.99. The van der Waals surface area contributed by atoms with Crippen LogP contribution in [0.3, 0.4) is 0 Å². The van der Waals surface area contributed by atoms with Gasteiger partial charge in [0.1, 0.15) is 0 Å². The van der Waals surface area contributed by atoms with Crippen molar-refractivity contribution >= 4 is 17.5 Å². The van der Waals surface area contributed by atoms with Crippen LogP contribution in [0.15, 0.2) is 24.5 Å². The Morgan fingerprint density at radius 3 is 2.57 bits per heavy atom. The molecule has 35 heavy (non-hydrogen) atoms. The third-order valence-electron chi connectivity index (χ3n) is 7.95. The SMILES string of the molecule is Cc1c(C(=O)NCC2C(=O)NC(C)CC2C)cc(-c2cnn(C)c2)cc1N(C)[C@H]1CC[C@H](N)CC1. The Hall–Kier alpha value is -2.87. The Labute approximate surface area is 208 Å². The van der Waals surface area contributed by atoms with E-state index < -0.39 is 0 Å². The second-order valence-electron chi connectivity index (χ2n) is 10.7. The van der Waals surface area contributed by atoms with Gasteiger partial charge in [-0.15, -0.1) is 0 Å². The summed E-state index contributed by atoms with van der Waals surface area (Å²) >= 11 is 0. The van der Waals surface area contributed by atoms with Crippen LogP contribution in [0, 0.1) is 18.8 Å². The van der Waals surface area contributed by atoms with Gasteiger partial charge in [0.15, 0.2) is 0 Å². The van der Waals surface area contributed by atoms with Gasteiger partial charge in [0, 0.05) is 61.8 Å². The predicted molar refractivity (Wildman–Crippen MR) is 139 cm³/mol. The lowest BCUT2D eigenvalue weighted by molar-refractivity contribution is -0.129. The Balaban J connectivity index is 1.61. The number of carbonyl (C=O) groups is 2. The first-order chi connectivity index (χ1) is 16.6. The van der Waals surface area contributed by atoms with E-state index in [0.29, 0.717) is 18.2 Å². The van der Waals surface area contributed by atoms with E-state index in [1.54, 1.807) is 4.68 Å². The van der Waals surface area contributed by atoms with E-state index in [1.165, 1.54) is 0 Å². The van der Waals surface area contributed by atoms with Crippen LogP contribution in [0.2, 0.25) is 0 Å². The van der Waals surface area contributed by atoms with Gasteiger partial charge in [0.2, 0.25) is 5.91 Å². The number of hydrogen-bond donors (Lipinski definition) is 3. The lowest BCUT2D eigenvalue weighted by Crippen LogP contribution is -2.50. The molecule has 1 aromatic carbocycles. The Morgan fingerprint density at radius 1 is 1.23 bits per heavy atom. The molecule has 3 unspecified atom stereocenters. The van der Waals surface area contributed by atoms with Gasteiger partial charge < -0.3 is 21.3 Å². The van der Waals surface area contributed by atoms with E-state index in [4.69, 9.17) is 5.73 Å². The minimum atomic E-state index is -0.217. The molecule has 2 fully saturated rings. The zero-order valence-corrected chi connectivity index (χ0v) is 21.7. The first-order valence-electron chi connectivity index (χ1n) is 12.8. The van der Waals surface area contributed by atoms with Crippen molar-refractivity contribution in [2.24, 2.45) is 24.6 Å². The van der Waals surface area contributed by atoms with Crippen molar-refractivity contribution in [3.63, 3.8) is 0 Å². The third kappa shape index (κ3) is 5.53. The van der Waals surface area contributed by atoms with E-state index in [1.807, 2.05) is 39.4 Å². The maximum absolute atomic E-state index is 13.5. The molecule has 8 nitrogen and oxygen atoms in total. The van der Waals surface area contributed by atoms with Gasteiger partial charge in [-0.2, -0.15) is 5.10 Å². The van der Waals surface area contributed by atoms with Crippen molar-refractivity contribution in [2.45, 2.75) is 71.0 Å². The molecule has 0 radical (unpaired) electrons. The van der Waals surface area contributed by atoms with Crippen LogP contribution in [0.25, 0.3) is 11.1 Å². The molecule has 1 aliphatic carbocycles. The lowest BCUT2D eigenvalue weighted by atomic mass is 9.84. The molecule has 2 aliphatic rings. The van der Waals surface area contributed by atoms with Gasteiger partial charge in [0.05, 0.1) is 12.1 Å². The molecule has 190 valence electrons. The summed E-state index contributed by atoms with van der Waals surface area (Å²) in [5, 5.41) is 10.4. The quantitative estimate of drug-likeness (QED) is 0.590. The molecule has 4 N–H and O–H groups in total. The van der Waals surface area contributed by atoms with Crippen LogP contribution < -0.4 is 21.3 Å². The van der Waals surface area contributed by atoms with E-state index in [-0.39, 0.29) is 35.7 Å². The smallest absolute Gasteiger partial charge is 0.251 e. The van der Waals surface area contributed by atoms with Gasteiger partial charge in [-0.25, -0.2) is 0 Å². The van der Waals surface area contributed by atoms with Crippen LogP contribution in [0.5, 0.6) is 0 Å². The number of carbonyl (C=O) groups excluding carboxylic acids is 2. The predicted octanol–water partition coefficient (Wildman–Crippen LogP) is 2.99. The number of benzene rings is 1. The summed E-state index contributed by atoms with van der Waals surface area (Å²) in [4.78, 5) is 28.3. The number of hydrogen-bond acceptors (Lipinski definition) is 5. The number of aromatic nitrogens is 2. The summed E-state index contributed by atoms with van der Waals surface area (Å²) < 4.78 is 1.77. The highest BCUT2D eigenvalue weighted by Crippen LogP contribution is 2.34. The summed E-state index contributed by atoms with van der Waals surface area (Å²) in [6.45, 7) is 6.46. The molecule has 1 saturated heterocycles. The number of nitrogens with one attached hydrogen (secondary N) is 2. The largest absolute Gasteiger partial charge is 0.371 e. The summed E-state index contributed by atoms with van der Waals surface area (Å²) in [5.41, 5.74) is 10.7. The molecule has 1 aromatic heterocycles. The maximum Gasteiger partial charge on any atom is 0.251 e. The average molecular weight is 481 g/mol. The monoisotopic (exact) mass is 480 g/mol. The second kappa shape index (κ2) is 10.4. The van der Waals surface area contributed by atoms with Gasteiger partial charge in [-0.05, 0) is 75.1 Å². The molecule has 1 aliphatic heterocycles. The second-order valence-corrected chi connectivity index (χ2v) is 10.7. The number of aryl methyl sites for hydroxylation is 1. The lowest BCUT2D eigenvalue weighted by Gasteiger charge is -2.36. The molecule has 2 aromatic rings. The standard InChI is InChI=1S/C27H40N6O2/c1-16-10-17(2)31-27(35)24(16)14-29-26(34)23-11-19(20-13-30-32(4)15-20)12-25(18(23)3)33(5)22-8-6-21(28)7-9-22/h11-13,15-17,21-22,24H,6-10,14,28H2,1-5H3,(H,29,34)(H,31,35)/t16?,17?,21-,22-,24?. The number of nitrogens with two attached hydrogens (primary N) is 1. The highest BCUT2D eigenvalue weighted by Gasteiger charge is 2.32. The molecular formula is C27H40N6O2. The molecule has 2 heterocycles. The Morgan fingerprint density at radius 2 is 1.94 bits per heavy atom. The van der Waals surface area contributed by atoms with Gasteiger partial charge in [0.25, 0.3) is 5.91 Å². The number of rotatable bonds is 6. The fourth-order valence-corrected chi connectivity index (χ4v) is 5.70. The molecule has 0 bridgehead atoms. The minimum Gasteiger partial charge on any atom is -0.371 e. The molecule has 3 atom stereocenters. The van der Waals surface area contributed by atoms with Crippen LogP contribution in [-0.4, -0.2) is 53.3 Å². The molecule has 4 rings (SSSR count). The molecule has 2 amide bonds. The highest BCUT2D eigenvalue weighted by atomic mass is 16.2. The molecule has 8 heteroatoms. The number of piperidine rings is 1. The third-order valence-corrected chi connectivity index (χ3v) is 7.95. The van der Waals surface area contributed by atoms with Gasteiger partial charge >= 0.3 is 0 Å². The molecule has 0 spiro atoms. The molecule has 1 saturated carbocycles. The van der Waals surface area contributed by atoms with Crippen LogP contribution >= 0.6 is 0 Å². The number of amides is 2. The maximum atomic E-state index is 13.5. The van der Waals surface area contributed by atoms with Crippen LogP contribution in [0.1, 0.15) is 61.9 Å². The van der Waals surface area contributed by atoms with Crippen molar-refractivity contribution in [1.82, 2.24) is 20.4 Å². The Kier molecular flexibility index (Phi) is 7.50. The summed E-state index contributed by atoms with van der Waals surface area (Å²) in [7, 11) is 4.01. The van der Waals surface area contributed by atoms with Gasteiger partial charge in [-0.1, -0.05) is 6.92 Å². The number of anilines is 1. The minimum absolute atomic E-state index is 0.0216. The fourth-order valence-electron chi connectivity index (χ4n) is 5.70. The van der Waals surface area contributed by atoms with E-state index >= 15 is 0 Å². The van der Waals surface area contributed by atoms with Crippen molar-refractivity contribution in [3.05, 3.63) is 35.7 Å². The first-order valence-corrected chi connectivity index (χ1v) is 12.8. The fraction of sp³-hybridized carbons (Fsp3) is 0.593. The topological polar surface area (TPSA) is 105 Å². The van der Waals surface area contributed by atoms with Gasteiger partial charge in [-0.3, -0.25) is 14.3 Å². The zero-order chi connectivity index (χ0) is 25.3. The van der Waals surface area contributed by atoms with Crippen LogP contribution in [-0.2, 0) is 11.8 Å². The van der Waals surface area contributed by atoms with Crippen molar-refractivity contribution in [2.75, 3.05) is 18.5 Å². The first kappa shape index (κ1) is 25.2. The van der Waals surface area contributed by atoms with E-state index in [0.717, 1.165) is 54.5 Å². The average Bonchev–Trinajstić information content (AvgIpc) is 3.24. The van der Waals surface area contributed by atoms with E-state index in [9.17, 15) is 9.59 Å². The van der Waals surface area contributed by atoms with E-state index in [2.05, 4.69) is 40.7 Å². The van der Waals surface area contributed by atoms with Crippen molar-refractivity contribution < 1.29 is 9.59 Å². The van der Waals surface area contributed by atoms with Crippen molar-refractivity contribution in [1.29, 1.82) is 0 Å². The molecular weight excluding hydrogens is 440 g/mol. The normalized spacial score (nSPS) is 26.8. The summed E-state index contributed by atoms with van der Waals surface area (Å²) in [6, 6.07) is 4.96. The Bertz CT molecular complexity index is 1070.